The van der Waals surface area contributed by atoms with E-state index in [2.05, 4.69) is 41.0 Å². The van der Waals surface area contributed by atoms with Crippen molar-refractivity contribution in [3.63, 3.8) is 0 Å². The summed E-state index contributed by atoms with van der Waals surface area (Å²) in [5.41, 5.74) is 1.43. The van der Waals surface area contributed by atoms with Gasteiger partial charge in [0.1, 0.15) is 23.1 Å². The Kier molecular flexibility index (Phi) is 13.1. The SMILES string of the molecule is CC(CCCCCCCCN1CCC2(CC1)CN(C(=O)c1csc(C(C)C)n1)CCO2)NC[C@H](OC=O)c1ccc(O)c2[nH]c(=O)sc12. The Hall–Kier alpha value is -2.84. The van der Waals surface area contributed by atoms with Gasteiger partial charge < -0.3 is 34.7 Å². The molecule has 0 radical (unpaired) electrons. The first kappa shape index (κ1) is 36.4. The van der Waals surface area contributed by atoms with E-state index in [1.54, 1.807) is 17.4 Å². The highest BCUT2D eigenvalue weighted by atomic mass is 32.1. The van der Waals surface area contributed by atoms with Crippen molar-refractivity contribution in [2.45, 2.75) is 102 Å². The second kappa shape index (κ2) is 17.2. The van der Waals surface area contributed by atoms with Crippen molar-refractivity contribution >= 4 is 45.3 Å². The van der Waals surface area contributed by atoms with Crippen molar-refractivity contribution in [1.29, 1.82) is 0 Å². The van der Waals surface area contributed by atoms with Crippen LogP contribution in [0.5, 0.6) is 5.75 Å². The van der Waals surface area contributed by atoms with Crippen LogP contribution >= 0.6 is 22.7 Å². The van der Waals surface area contributed by atoms with Crippen molar-refractivity contribution < 1.29 is 24.2 Å². The van der Waals surface area contributed by atoms with Gasteiger partial charge in [-0.2, -0.15) is 0 Å². The Balaban J connectivity index is 0.929. The number of aromatic amines is 1. The minimum absolute atomic E-state index is 0.00256. The van der Waals surface area contributed by atoms with Crippen LogP contribution in [-0.4, -0.2) is 94.8 Å². The zero-order valence-corrected chi connectivity index (χ0v) is 30.1. The van der Waals surface area contributed by atoms with Gasteiger partial charge in [0.05, 0.1) is 28.5 Å². The maximum atomic E-state index is 13.2. The number of carbonyl (C=O) groups excluding carboxylic acids is 2. The number of nitrogens with one attached hydrogen (secondary N) is 2. The van der Waals surface area contributed by atoms with Gasteiger partial charge in [-0.3, -0.25) is 14.4 Å². The quantitative estimate of drug-likeness (QED) is 0.118. The zero-order valence-electron chi connectivity index (χ0n) is 28.5. The highest BCUT2D eigenvalue weighted by Gasteiger charge is 2.41. The highest BCUT2D eigenvalue weighted by molar-refractivity contribution is 7.16. The molecule has 1 aromatic carbocycles. The van der Waals surface area contributed by atoms with E-state index in [9.17, 15) is 19.5 Å². The molecule has 1 amide bonds. The van der Waals surface area contributed by atoms with E-state index in [1.165, 1.54) is 38.2 Å². The molecule has 2 aromatic heterocycles. The summed E-state index contributed by atoms with van der Waals surface area (Å²) in [4.78, 5) is 47.8. The Bertz CT molecular complexity index is 1550. The van der Waals surface area contributed by atoms with Gasteiger partial charge >= 0.3 is 4.87 Å². The standard InChI is InChI=1S/C35H51N5O6S2/c1-24(2)32-37-27(21-47-32)33(43)40-18-19-46-35(22-40)13-16-39(17-14-35)15-9-7-5-4-6-8-10-25(3)36-20-29(45-23-41)26-11-12-28(42)30-31(26)48-34(44)38-30/h11-12,21,23-25,29,36,42H,4-10,13-20,22H2,1-3H3,(H,38,44)/t25?,29-/m0/s1. The Morgan fingerprint density at radius 2 is 1.90 bits per heavy atom. The van der Waals surface area contributed by atoms with Crippen molar-refractivity contribution in [3.8, 4) is 5.75 Å². The Morgan fingerprint density at radius 3 is 2.62 bits per heavy atom. The van der Waals surface area contributed by atoms with E-state index in [0.29, 0.717) is 60.1 Å². The maximum absolute atomic E-state index is 13.2. The number of carbonyl (C=O) groups is 2. The van der Waals surface area contributed by atoms with E-state index in [1.807, 2.05) is 10.3 Å². The molecule has 2 aliphatic rings. The minimum Gasteiger partial charge on any atom is -0.506 e. The minimum atomic E-state index is -0.550. The molecule has 1 spiro atoms. The first-order chi connectivity index (χ1) is 23.2. The number of likely N-dealkylation sites (tertiary alicyclic amines) is 1. The summed E-state index contributed by atoms with van der Waals surface area (Å²) in [5.74, 6) is 0.374. The number of fused-ring (bicyclic) bond motifs is 1. The normalized spacial score (nSPS) is 18.0. The van der Waals surface area contributed by atoms with Gasteiger partial charge in [-0.15, -0.1) is 11.3 Å². The van der Waals surface area contributed by atoms with Crippen LogP contribution in [0.15, 0.2) is 22.3 Å². The van der Waals surface area contributed by atoms with Crippen LogP contribution in [-0.2, 0) is 14.3 Å². The van der Waals surface area contributed by atoms with E-state index in [4.69, 9.17) is 9.47 Å². The number of phenolic OH excluding ortho intramolecular Hbond substituents is 1. The molecule has 3 aromatic rings. The highest BCUT2D eigenvalue weighted by Crippen LogP contribution is 2.33. The average molecular weight is 702 g/mol. The lowest BCUT2D eigenvalue weighted by Crippen LogP contribution is -2.58. The lowest BCUT2D eigenvalue weighted by molar-refractivity contribution is -0.133. The molecule has 3 N–H and O–H groups in total. The van der Waals surface area contributed by atoms with Gasteiger partial charge in [0.15, 0.2) is 0 Å². The first-order valence-electron chi connectivity index (χ1n) is 17.5. The summed E-state index contributed by atoms with van der Waals surface area (Å²) < 4.78 is 12.3. The third-order valence-electron chi connectivity index (χ3n) is 9.71. The summed E-state index contributed by atoms with van der Waals surface area (Å²) in [6.07, 6.45) is 9.62. The summed E-state index contributed by atoms with van der Waals surface area (Å²) in [5, 5.41) is 16.5. The molecule has 2 atom stereocenters. The van der Waals surface area contributed by atoms with Crippen LogP contribution in [0, 0.1) is 0 Å². The number of piperidine rings is 1. The molecule has 2 saturated heterocycles. The first-order valence-corrected chi connectivity index (χ1v) is 19.2. The van der Waals surface area contributed by atoms with Gasteiger partial charge in [-0.05, 0) is 45.2 Å². The molecular formula is C35H51N5O6S2. The molecule has 48 heavy (non-hydrogen) atoms. The van der Waals surface area contributed by atoms with Gasteiger partial charge in [0.25, 0.3) is 12.4 Å². The number of unbranched alkanes of at least 4 members (excludes halogenated alkanes) is 5. The summed E-state index contributed by atoms with van der Waals surface area (Å²) in [6.45, 7) is 12.3. The number of phenols is 1. The number of nitrogens with zero attached hydrogens (tertiary/aromatic N) is 3. The predicted octanol–water partition coefficient (Wildman–Crippen LogP) is 5.81. The average Bonchev–Trinajstić information content (AvgIpc) is 3.73. The number of rotatable bonds is 17. The number of aromatic nitrogens is 2. The summed E-state index contributed by atoms with van der Waals surface area (Å²) in [7, 11) is 0. The molecule has 13 heteroatoms. The number of H-pyrrole nitrogens is 1. The summed E-state index contributed by atoms with van der Waals surface area (Å²) >= 11 is 2.58. The molecule has 5 rings (SSSR count). The second-order valence-corrected chi connectivity index (χ2v) is 15.5. The molecule has 2 aliphatic heterocycles. The number of ether oxygens (including phenoxy) is 2. The molecule has 0 saturated carbocycles. The number of hydrogen-bond acceptors (Lipinski definition) is 11. The number of hydrogen-bond donors (Lipinski definition) is 3. The second-order valence-electron chi connectivity index (χ2n) is 13.7. The summed E-state index contributed by atoms with van der Waals surface area (Å²) in [6, 6.07) is 3.48. The number of amides is 1. The fourth-order valence-electron chi connectivity index (χ4n) is 6.81. The van der Waals surface area contributed by atoms with E-state index in [0.717, 1.165) is 61.7 Å². The van der Waals surface area contributed by atoms with Crippen molar-refractivity contribution in [1.82, 2.24) is 25.1 Å². The molecule has 264 valence electrons. The molecule has 0 aliphatic carbocycles. The number of benzene rings is 1. The largest absolute Gasteiger partial charge is 0.506 e. The fraction of sp³-hybridized carbons (Fsp3) is 0.657. The molecule has 2 fully saturated rings. The van der Waals surface area contributed by atoms with Crippen LogP contribution in [0.3, 0.4) is 0 Å². The van der Waals surface area contributed by atoms with E-state index in [-0.39, 0.29) is 28.2 Å². The third kappa shape index (κ3) is 9.44. The predicted molar refractivity (Wildman–Crippen MR) is 190 cm³/mol. The van der Waals surface area contributed by atoms with Crippen molar-refractivity contribution in [3.05, 3.63) is 43.4 Å². The molecule has 4 heterocycles. The van der Waals surface area contributed by atoms with Crippen molar-refractivity contribution in [2.24, 2.45) is 0 Å². The van der Waals surface area contributed by atoms with E-state index < -0.39 is 6.10 Å². The van der Waals surface area contributed by atoms with Gasteiger partial charge in [0, 0.05) is 49.1 Å². The van der Waals surface area contributed by atoms with E-state index >= 15 is 0 Å². The van der Waals surface area contributed by atoms with Gasteiger partial charge in [-0.25, -0.2) is 4.98 Å². The fourth-order valence-corrected chi connectivity index (χ4v) is 8.54. The Morgan fingerprint density at radius 1 is 1.15 bits per heavy atom. The van der Waals surface area contributed by atoms with Gasteiger partial charge in [0.2, 0.25) is 0 Å². The monoisotopic (exact) mass is 701 g/mol. The number of thiazole rings is 2. The lowest BCUT2D eigenvalue weighted by Gasteiger charge is -2.47. The van der Waals surface area contributed by atoms with Crippen LogP contribution in [0.4, 0.5) is 0 Å². The zero-order chi connectivity index (χ0) is 34.1. The third-order valence-corrected chi connectivity index (χ3v) is 11.8. The van der Waals surface area contributed by atoms with Crippen LogP contribution in [0.25, 0.3) is 10.2 Å². The van der Waals surface area contributed by atoms with Crippen molar-refractivity contribution in [2.75, 3.05) is 45.9 Å². The Labute approximate surface area is 291 Å². The molecule has 0 bridgehead atoms. The number of aromatic hydroxyl groups is 1. The smallest absolute Gasteiger partial charge is 0.305 e. The van der Waals surface area contributed by atoms with Gasteiger partial charge in [-0.1, -0.05) is 63.4 Å². The lowest BCUT2D eigenvalue weighted by atomic mass is 9.89. The van der Waals surface area contributed by atoms with Crippen LogP contribution in [0.1, 0.15) is 112 Å². The van der Waals surface area contributed by atoms with Crippen LogP contribution < -0.4 is 10.2 Å². The molecule has 11 nitrogen and oxygen atoms in total. The maximum Gasteiger partial charge on any atom is 0.305 e. The number of morpholine rings is 1. The topological polar surface area (TPSA) is 137 Å². The molecular weight excluding hydrogens is 651 g/mol. The van der Waals surface area contributed by atoms with Crippen LogP contribution in [0.2, 0.25) is 0 Å². The molecule has 1 unspecified atom stereocenters.